The van der Waals surface area contributed by atoms with Gasteiger partial charge in [0.2, 0.25) is 0 Å². The molecular weight excluding hydrogens is 223 g/mol. The molecule has 1 aromatic carbocycles. The largest absolute Gasteiger partial charge is 0.142 e. The predicted octanol–water partition coefficient (Wildman–Crippen LogP) is 4.58. The summed E-state index contributed by atoms with van der Waals surface area (Å²) in [7, 11) is 0. The fourth-order valence-corrected chi connectivity index (χ4v) is 1.98. The van der Waals surface area contributed by atoms with Gasteiger partial charge in [-0.2, -0.15) is 0 Å². The van der Waals surface area contributed by atoms with Crippen LogP contribution < -0.4 is 0 Å². The molecule has 0 nitrogen and oxygen atoms in total. The van der Waals surface area contributed by atoms with Crippen LogP contribution in [0.2, 0.25) is 10.0 Å². The molecular formula is C10H12Cl2S. The molecule has 0 unspecified atom stereocenters. The monoisotopic (exact) mass is 234 g/mol. The average molecular weight is 235 g/mol. The first-order valence-electron chi connectivity index (χ1n) is 4.01. The van der Waals surface area contributed by atoms with Crippen molar-refractivity contribution in [2.75, 3.05) is 0 Å². The first-order valence-corrected chi connectivity index (χ1v) is 5.22. The molecule has 0 fully saturated rings. The van der Waals surface area contributed by atoms with Crippen LogP contribution in [0.5, 0.6) is 0 Å². The Bertz CT molecular complexity index is 326. The first-order chi connectivity index (χ1) is 5.84. The number of hydrogen-bond acceptors (Lipinski definition) is 1. The van der Waals surface area contributed by atoms with Gasteiger partial charge in [0.15, 0.2) is 0 Å². The van der Waals surface area contributed by atoms with Gasteiger partial charge in [0.25, 0.3) is 0 Å². The Hall–Kier alpha value is 0.150. The van der Waals surface area contributed by atoms with E-state index in [-0.39, 0.29) is 5.41 Å². The fourth-order valence-electron chi connectivity index (χ4n) is 1.12. The zero-order valence-electron chi connectivity index (χ0n) is 7.86. The van der Waals surface area contributed by atoms with Crippen LogP contribution in [0.1, 0.15) is 26.3 Å². The van der Waals surface area contributed by atoms with E-state index < -0.39 is 0 Å². The van der Waals surface area contributed by atoms with Gasteiger partial charge in [-0.15, -0.1) is 12.6 Å². The van der Waals surface area contributed by atoms with Crippen LogP contribution >= 0.6 is 35.8 Å². The molecule has 0 saturated heterocycles. The molecule has 0 radical (unpaired) electrons. The average Bonchev–Trinajstić information content (AvgIpc) is 1.98. The van der Waals surface area contributed by atoms with E-state index in [4.69, 9.17) is 23.2 Å². The summed E-state index contributed by atoms with van der Waals surface area (Å²) >= 11 is 16.3. The van der Waals surface area contributed by atoms with Crippen LogP contribution in [0.25, 0.3) is 0 Å². The van der Waals surface area contributed by atoms with Gasteiger partial charge >= 0.3 is 0 Å². The molecule has 0 aromatic heterocycles. The predicted molar refractivity (Wildman–Crippen MR) is 62.4 cm³/mol. The topological polar surface area (TPSA) is 0 Å². The second-order valence-electron chi connectivity index (χ2n) is 4.01. The third kappa shape index (κ3) is 2.34. The Morgan fingerprint density at radius 1 is 1.08 bits per heavy atom. The molecule has 0 amide bonds. The summed E-state index contributed by atoms with van der Waals surface area (Å²) in [4.78, 5) is 0.722. The van der Waals surface area contributed by atoms with Crippen molar-refractivity contribution in [2.45, 2.75) is 31.1 Å². The second kappa shape index (κ2) is 3.72. The Balaban J connectivity index is 3.35. The molecule has 0 heterocycles. The molecule has 0 saturated carbocycles. The molecule has 0 aliphatic heterocycles. The van der Waals surface area contributed by atoms with Crippen LogP contribution in [0.15, 0.2) is 17.0 Å². The van der Waals surface area contributed by atoms with E-state index in [0.717, 1.165) is 10.5 Å². The summed E-state index contributed by atoms with van der Waals surface area (Å²) in [6.07, 6.45) is 0. The maximum Gasteiger partial charge on any atom is 0.0728 e. The van der Waals surface area contributed by atoms with Gasteiger partial charge in [0, 0.05) is 4.90 Å². The van der Waals surface area contributed by atoms with E-state index >= 15 is 0 Å². The lowest BCUT2D eigenvalue weighted by Crippen LogP contribution is -2.11. The van der Waals surface area contributed by atoms with Crippen LogP contribution in [0.3, 0.4) is 0 Å². The lowest BCUT2D eigenvalue weighted by atomic mass is 9.87. The van der Waals surface area contributed by atoms with Gasteiger partial charge in [0.05, 0.1) is 10.0 Å². The number of benzene rings is 1. The molecule has 13 heavy (non-hydrogen) atoms. The zero-order valence-corrected chi connectivity index (χ0v) is 10.3. The van der Waals surface area contributed by atoms with Crippen LogP contribution in [0.4, 0.5) is 0 Å². The van der Waals surface area contributed by atoms with Gasteiger partial charge in [0.1, 0.15) is 0 Å². The summed E-state index contributed by atoms with van der Waals surface area (Å²) in [5.74, 6) is 0. The van der Waals surface area contributed by atoms with Crippen molar-refractivity contribution in [2.24, 2.45) is 0 Å². The summed E-state index contributed by atoms with van der Waals surface area (Å²) in [5, 5.41) is 1.15. The Morgan fingerprint density at radius 2 is 1.62 bits per heavy atom. The SMILES string of the molecule is CC(C)(C)c1ccc(S)c(Cl)c1Cl. The minimum Gasteiger partial charge on any atom is -0.142 e. The highest BCUT2D eigenvalue weighted by molar-refractivity contribution is 7.80. The molecule has 0 aliphatic rings. The maximum atomic E-state index is 6.10. The lowest BCUT2D eigenvalue weighted by molar-refractivity contribution is 0.590. The zero-order chi connectivity index (χ0) is 10.2. The van der Waals surface area contributed by atoms with Gasteiger partial charge in [-0.3, -0.25) is 0 Å². The molecule has 0 N–H and O–H groups in total. The van der Waals surface area contributed by atoms with Gasteiger partial charge in [-0.25, -0.2) is 0 Å². The van der Waals surface area contributed by atoms with E-state index in [9.17, 15) is 0 Å². The Morgan fingerprint density at radius 3 is 2.08 bits per heavy atom. The first kappa shape index (κ1) is 11.2. The molecule has 1 rings (SSSR count). The van der Waals surface area contributed by atoms with E-state index in [0.29, 0.717) is 10.0 Å². The smallest absolute Gasteiger partial charge is 0.0728 e. The summed E-state index contributed by atoms with van der Waals surface area (Å²) in [6.45, 7) is 6.30. The quantitative estimate of drug-likeness (QED) is 0.625. The standard InChI is InChI=1S/C10H12Cl2S/c1-10(2,3)6-4-5-7(13)9(12)8(6)11/h4-5,13H,1-3H3. The van der Waals surface area contributed by atoms with Crippen molar-refractivity contribution in [3.05, 3.63) is 27.7 Å². The highest BCUT2D eigenvalue weighted by Crippen LogP contribution is 2.37. The number of hydrogen-bond donors (Lipinski definition) is 1. The maximum absolute atomic E-state index is 6.10. The van der Waals surface area contributed by atoms with Crippen molar-refractivity contribution in [3.8, 4) is 0 Å². The minimum atomic E-state index is 0.0161. The van der Waals surface area contributed by atoms with Crippen LogP contribution in [0, 0.1) is 0 Å². The molecule has 72 valence electrons. The summed E-state index contributed by atoms with van der Waals surface area (Å²) in [5.41, 5.74) is 1.07. The third-order valence-electron chi connectivity index (χ3n) is 1.87. The Labute approximate surface area is 94.7 Å². The molecule has 0 spiro atoms. The highest BCUT2D eigenvalue weighted by Gasteiger charge is 2.19. The fraction of sp³-hybridized carbons (Fsp3) is 0.400. The molecule has 3 heteroatoms. The number of rotatable bonds is 0. The second-order valence-corrected chi connectivity index (χ2v) is 5.25. The Kier molecular flexibility index (Phi) is 3.21. The van der Waals surface area contributed by atoms with E-state index in [1.54, 1.807) is 0 Å². The molecule has 0 atom stereocenters. The van der Waals surface area contributed by atoms with Crippen molar-refractivity contribution in [3.63, 3.8) is 0 Å². The van der Waals surface area contributed by atoms with Crippen molar-refractivity contribution in [1.29, 1.82) is 0 Å². The van der Waals surface area contributed by atoms with Gasteiger partial charge in [-0.05, 0) is 17.0 Å². The molecule has 1 aromatic rings. The molecule has 0 aliphatic carbocycles. The van der Waals surface area contributed by atoms with Crippen molar-refractivity contribution >= 4 is 35.8 Å². The van der Waals surface area contributed by atoms with Crippen molar-refractivity contribution < 1.29 is 0 Å². The molecule has 0 bridgehead atoms. The summed E-state index contributed by atoms with van der Waals surface area (Å²) < 4.78 is 0. The van der Waals surface area contributed by atoms with Crippen molar-refractivity contribution in [1.82, 2.24) is 0 Å². The minimum absolute atomic E-state index is 0.0161. The van der Waals surface area contributed by atoms with E-state index in [1.165, 1.54) is 0 Å². The van der Waals surface area contributed by atoms with Crippen LogP contribution in [-0.4, -0.2) is 0 Å². The van der Waals surface area contributed by atoms with E-state index in [2.05, 4.69) is 33.4 Å². The van der Waals surface area contributed by atoms with Gasteiger partial charge in [-0.1, -0.05) is 50.0 Å². The van der Waals surface area contributed by atoms with Crippen LogP contribution in [-0.2, 0) is 5.41 Å². The highest BCUT2D eigenvalue weighted by atomic mass is 35.5. The third-order valence-corrected chi connectivity index (χ3v) is 3.26. The van der Waals surface area contributed by atoms with Gasteiger partial charge < -0.3 is 0 Å². The number of halogens is 2. The number of thiol groups is 1. The summed E-state index contributed by atoms with van der Waals surface area (Å²) in [6, 6.07) is 3.84. The van der Waals surface area contributed by atoms with E-state index in [1.807, 2.05) is 12.1 Å². The normalized spacial score (nSPS) is 11.8. The lowest BCUT2D eigenvalue weighted by Gasteiger charge is -2.21.